The molecule has 1 aromatic rings. The van der Waals surface area contributed by atoms with Crippen LogP contribution in [0.2, 0.25) is 0 Å². The third-order valence-corrected chi connectivity index (χ3v) is 3.67. The Morgan fingerprint density at radius 2 is 2.35 bits per heavy atom. The summed E-state index contributed by atoms with van der Waals surface area (Å²) in [6, 6.07) is 8.50. The van der Waals surface area contributed by atoms with Gasteiger partial charge in [0.1, 0.15) is 0 Å². The van der Waals surface area contributed by atoms with Gasteiger partial charge < -0.3 is 14.8 Å². The number of allylic oxidation sites excluding steroid dienone is 1. The van der Waals surface area contributed by atoms with Crippen molar-refractivity contribution >= 4 is 5.91 Å². The topological polar surface area (TPSA) is 71.3 Å². The summed E-state index contributed by atoms with van der Waals surface area (Å²) < 4.78 is 11.3. The van der Waals surface area contributed by atoms with Crippen molar-refractivity contribution in [3.8, 4) is 6.07 Å². The van der Waals surface area contributed by atoms with Gasteiger partial charge in [0.05, 0.1) is 37.0 Å². The average Bonchev–Trinajstić information content (AvgIpc) is 2.56. The number of rotatable bonds is 5. The molecule has 1 heterocycles. The van der Waals surface area contributed by atoms with Crippen LogP contribution < -0.4 is 5.32 Å². The third-order valence-electron chi connectivity index (χ3n) is 3.67. The van der Waals surface area contributed by atoms with Crippen molar-refractivity contribution < 1.29 is 14.3 Å². The summed E-state index contributed by atoms with van der Waals surface area (Å²) in [5, 5.41) is 11.9. The third kappa shape index (κ3) is 5.20. The molecule has 2 atom stereocenters. The highest BCUT2D eigenvalue weighted by Gasteiger charge is 2.28. The Morgan fingerprint density at radius 1 is 1.52 bits per heavy atom. The van der Waals surface area contributed by atoms with Crippen LogP contribution in [0.15, 0.2) is 35.9 Å². The molecule has 1 saturated heterocycles. The second-order valence-corrected chi connectivity index (χ2v) is 5.79. The Balaban J connectivity index is 1.99. The molecule has 1 aliphatic heterocycles. The zero-order valence-corrected chi connectivity index (χ0v) is 13.5. The van der Waals surface area contributed by atoms with E-state index in [2.05, 4.69) is 5.32 Å². The Kier molecular flexibility index (Phi) is 6.33. The van der Waals surface area contributed by atoms with E-state index in [0.717, 1.165) is 6.42 Å². The number of benzene rings is 1. The minimum atomic E-state index is -0.214. The quantitative estimate of drug-likeness (QED) is 0.847. The van der Waals surface area contributed by atoms with E-state index in [-0.39, 0.29) is 18.1 Å². The molecule has 2 rings (SSSR count). The van der Waals surface area contributed by atoms with E-state index in [1.165, 1.54) is 5.57 Å². The van der Waals surface area contributed by atoms with E-state index < -0.39 is 0 Å². The first-order valence-corrected chi connectivity index (χ1v) is 7.74. The number of hydrogen-bond acceptors (Lipinski definition) is 4. The smallest absolute Gasteiger partial charge is 0.251 e. The SMILES string of the molecule is CC(C)=CCO[C@@H]1CCOC[C@@H]1NC(=O)c1cccc(C#N)c1. The van der Waals surface area contributed by atoms with E-state index in [1.807, 2.05) is 26.0 Å². The summed E-state index contributed by atoms with van der Waals surface area (Å²) in [6.45, 7) is 5.64. The zero-order chi connectivity index (χ0) is 16.7. The normalized spacial score (nSPS) is 20.4. The fourth-order valence-electron chi connectivity index (χ4n) is 2.37. The number of carbonyl (C=O) groups excluding carboxylic acids is 1. The number of nitriles is 1. The van der Waals surface area contributed by atoms with Crippen molar-refractivity contribution in [2.75, 3.05) is 19.8 Å². The van der Waals surface area contributed by atoms with Gasteiger partial charge in [0.2, 0.25) is 0 Å². The molecule has 1 N–H and O–H groups in total. The van der Waals surface area contributed by atoms with Gasteiger partial charge in [-0.15, -0.1) is 0 Å². The molecule has 23 heavy (non-hydrogen) atoms. The number of nitrogens with zero attached hydrogens (tertiary/aromatic N) is 1. The summed E-state index contributed by atoms with van der Waals surface area (Å²) >= 11 is 0. The maximum atomic E-state index is 12.4. The van der Waals surface area contributed by atoms with Gasteiger partial charge in [0, 0.05) is 12.2 Å². The van der Waals surface area contributed by atoms with Crippen molar-refractivity contribution in [2.24, 2.45) is 0 Å². The molecule has 0 bridgehead atoms. The van der Waals surface area contributed by atoms with Crippen LogP contribution in [0.4, 0.5) is 0 Å². The first-order chi connectivity index (χ1) is 11.1. The van der Waals surface area contributed by atoms with Crippen LogP contribution in [-0.2, 0) is 9.47 Å². The average molecular weight is 314 g/mol. The predicted molar refractivity (Wildman–Crippen MR) is 87.0 cm³/mol. The molecule has 122 valence electrons. The molecule has 0 saturated carbocycles. The number of hydrogen-bond donors (Lipinski definition) is 1. The minimum Gasteiger partial charge on any atom is -0.379 e. The summed E-state index contributed by atoms with van der Waals surface area (Å²) in [4.78, 5) is 12.4. The lowest BCUT2D eigenvalue weighted by Crippen LogP contribution is -2.50. The summed E-state index contributed by atoms with van der Waals surface area (Å²) in [6.07, 6.45) is 2.70. The van der Waals surface area contributed by atoms with E-state index in [4.69, 9.17) is 14.7 Å². The van der Waals surface area contributed by atoms with Crippen molar-refractivity contribution in [3.05, 3.63) is 47.0 Å². The van der Waals surface area contributed by atoms with Crippen molar-refractivity contribution in [3.63, 3.8) is 0 Å². The van der Waals surface area contributed by atoms with Crippen LogP contribution >= 0.6 is 0 Å². The first kappa shape index (κ1) is 17.2. The van der Waals surface area contributed by atoms with Crippen molar-refractivity contribution in [1.29, 1.82) is 5.26 Å². The summed E-state index contributed by atoms with van der Waals surface area (Å²) in [5.74, 6) is -0.214. The Labute approximate surface area is 136 Å². The maximum Gasteiger partial charge on any atom is 0.251 e. The van der Waals surface area contributed by atoms with E-state index in [9.17, 15) is 4.79 Å². The Bertz CT molecular complexity index is 615. The van der Waals surface area contributed by atoms with Gasteiger partial charge in [-0.1, -0.05) is 17.7 Å². The molecule has 1 amide bonds. The fraction of sp³-hybridized carbons (Fsp3) is 0.444. The van der Waals surface area contributed by atoms with Crippen molar-refractivity contribution in [2.45, 2.75) is 32.4 Å². The van der Waals surface area contributed by atoms with Gasteiger partial charge in [0.25, 0.3) is 5.91 Å². The van der Waals surface area contributed by atoms with Crippen molar-refractivity contribution in [1.82, 2.24) is 5.32 Å². The van der Waals surface area contributed by atoms with Crippen LogP contribution in [0.25, 0.3) is 0 Å². The van der Waals surface area contributed by atoms with Gasteiger partial charge in [-0.25, -0.2) is 0 Å². The van der Waals surface area contributed by atoms with Crippen LogP contribution in [0.5, 0.6) is 0 Å². The molecule has 1 aliphatic rings. The molecule has 1 fully saturated rings. The van der Waals surface area contributed by atoms with Crippen LogP contribution in [-0.4, -0.2) is 37.9 Å². The number of nitrogens with one attached hydrogen (secondary N) is 1. The summed E-state index contributed by atoms with van der Waals surface area (Å²) in [7, 11) is 0. The molecule has 5 heteroatoms. The molecule has 0 unspecified atom stereocenters. The van der Waals surface area contributed by atoms with E-state index in [0.29, 0.717) is 30.9 Å². The lowest BCUT2D eigenvalue weighted by atomic mass is 10.1. The molecule has 5 nitrogen and oxygen atoms in total. The largest absolute Gasteiger partial charge is 0.379 e. The highest BCUT2D eigenvalue weighted by molar-refractivity contribution is 5.94. The number of carbonyl (C=O) groups is 1. The fourth-order valence-corrected chi connectivity index (χ4v) is 2.37. The number of amides is 1. The van der Waals surface area contributed by atoms with E-state index in [1.54, 1.807) is 24.3 Å². The Morgan fingerprint density at radius 3 is 3.09 bits per heavy atom. The van der Waals surface area contributed by atoms with Crippen LogP contribution in [0.3, 0.4) is 0 Å². The van der Waals surface area contributed by atoms with Gasteiger partial charge >= 0.3 is 0 Å². The minimum absolute atomic E-state index is 0.0672. The molecule has 0 aliphatic carbocycles. The lowest BCUT2D eigenvalue weighted by molar-refractivity contribution is -0.0457. The molecular weight excluding hydrogens is 292 g/mol. The van der Waals surface area contributed by atoms with E-state index >= 15 is 0 Å². The predicted octanol–water partition coefficient (Wildman–Crippen LogP) is 2.43. The van der Waals surface area contributed by atoms with Gasteiger partial charge in [-0.3, -0.25) is 4.79 Å². The molecule has 0 aromatic heterocycles. The highest BCUT2D eigenvalue weighted by atomic mass is 16.5. The summed E-state index contributed by atoms with van der Waals surface area (Å²) in [5.41, 5.74) is 2.14. The standard InChI is InChI=1S/C18H22N2O3/c1-13(2)6-9-23-17-7-8-22-12-16(17)20-18(21)15-5-3-4-14(10-15)11-19/h3-6,10,16-17H,7-9,12H2,1-2H3,(H,20,21)/t16-,17+/m0/s1. The molecule has 0 spiro atoms. The lowest BCUT2D eigenvalue weighted by Gasteiger charge is -2.31. The van der Waals surface area contributed by atoms with Gasteiger partial charge in [-0.05, 0) is 38.5 Å². The maximum absolute atomic E-state index is 12.4. The monoisotopic (exact) mass is 314 g/mol. The van der Waals surface area contributed by atoms with Crippen LogP contribution in [0, 0.1) is 11.3 Å². The highest BCUT2D eigenvalue weighted by Crippen LogP contribution is 2.14. The molecular formula is C18H22N2O3. The second kappa shape index (κ2) is 8.47. The second-order valence-electron chi connectivity index (χ2n) is 5.79. The molecule has 1 aromatic carbocycles. The molecule has 0 radical (unpaired) electrons. The zero-order valence-electron chi connectivity index (χ0n) is 13.5. The van der Waals surface area contributed by atoms with Gasteiger partial charge in [0.15, 0.2) is 0 Å². The first-order valence-electron chi connectivity index (χ1n) is 7.74. The van der Waals surface area contributed by atoms with Gasteiger partial charge in [-0.2, -0.15) is 5.26 Å². The van der Waals surface area contributed by atoms with Crippen LogP contribution in [0.1, 0.15) is 36.2 Å². The Hall–Kier alpha value is -2.16. The number of ether oxygens (including phenoxy) is 2.